The van der Waals surface area contributed by atoms with Crippen molar-refractivity contribution in [1.82, 2.24) is 14.5 Å². The van der Waals surface area contributed by atoms with E-state index in [1.807, 2.05) is 62.4 Å². The molecule has 3 heterocycles. The standard InChI is InChI=1S/C27H24N4O3/c1-15-5-6-19(29-26(32)24-12-17-10-20(34-4)7-8-23(17)30-24)13-21(15)22-11-18-14-28-16(2)9-25(18)31(3)27(22)33/h5-14,30H,1-4H3,(H,29,32). The van der Waals surface area contributed by atoms with E-state index < -0.39 is 0 Å². The van der Waals surface area contributed by atoms with Crippen LogP contribution in [-0.2, 0) is 7.05 Å². The van der Waals surface area contributed by atoms with Gasteiger partial charge in [-0.3, -0.25) is 14.6 Å². The predicted molar refractivity (Wildman–Crippen MR) is 135 cm³/mol. The summed E-state index contributed by atoms with van der Waals surface area (Å²) in [5, 5.41) is 4.71. The Balaban J connectivity index is 1.51. The van der Waals surface area contributed by atoms with Gasteiger partial charge in [-0.05, 0) is 73.5 Å². The number of H-pyrrole nitrogens is 1. The lowest BCUT2D eigenvalue weighted by Crippen LogP contribution is -2.19. The first-order chi connectivity index (χ1) is 16.3. The van der Waals surface area contributed by atoms with Gasteiger partial charge in [0.05, 0.1) is 12.6 Å². The third-order valence-corrected chi connectivity index (χ3v) is 6.10. The summed E-state index contributed by atoms with van der Waals surface area (Å²) in [6, 6.07) is 16.7. The van der Waals surface area contributed by atoms with E-state index in [1.165, 1.54) is 0 Å². The number of pyridine rings is 2. The zero-order valence-corrected chi connectivity index (χ0v) is 19.4. The Hall–Kier alpha value is -4.39. The fourth-order valence-corrected chi connectivity index (χ4v) is 4.21. The van der Waals surface area contributed by atoms with Gasteiger partial charge < -0.3 is 19.6 Å². The number of nitrogens with zero attached hydrogens (tertiary/aromatic N) is 2. The molecule has 0 saturated heterocycles. The highest BCUT2D eigenvalue weighted by Gasteiger charge is 2.15. The molecule has 0 aliphatic heterocycles. The van der Waals surface area contributed by atoms with E-state index >= 15 is 0 Å². The molecule has 0 saturated carbocycles. The molecule has 2 aromatic carbocycles. The molecular formula is C27H24N4O3. The highest BCUT2D eigenvalue weighted by atomic mass is 16.5. The van der Waals surface area contributed by atoms with Crippen LogP contribution in [0.4, 0.5) is 5.69 Å². The average Bonchev–Trinajstić information content (AvgIpc) is 3.26. The smallest absolute Gasteiger partial charge is 0.272 e. The number of ether oxygens (including phenoxy) is 1. The van der Waals surface area contributed by atoms with Crippen molar-refractivity contribution in [3.63, 3.8) is 0 Å². The van der Waals surface area contributed by atoms with Gasteiger partial charge in [-0.15, -0.1) is 0 Å². The number of aromatic amines is 1. The summed E-state index contributed by atoms with van der Waals surface area (Å²) in [6.07, 6.45) is 1.78. The molecule has 34 heavy (non-hydrogen) atoms. The van der Waals surface area contributed by atoms with E-state index in [2.05, 4.69) is 15.3 Å². The minimum absolute atomic E-state index is 0.103. The molecule has 0 unspecified atom stereocenters. The fraction of sp³-hybridized carbons (Fsp3) is 0.148. The number of aryl methyl sites for hydroxylation is 3. The van der Waals surface area contributed by atoms with Gasteiger partial charge in [-0.25, -0.2) is 0 Å². The number of methoxy groups -OCH3 is 1. The first-order valence-electron chi connectivity index (χ1n) is 10.9. The fourth-order valence-electron chi connectivity index (χ4n) is 4.21. The number of amides is 1. The second kappa shape index (κ2) is 8.19. The Morgan fingerprint density at radius 2 is 1.82 bits per heavy atom. The van der Waals surface area contributed by atoms with Crippen molar-refractivity contribution in [3.05, 3.63) is 88.1 Å². The second-order valence-corrected chi connectivity index (χ2v) is 8.43. The Morgan fingerprint density at radius 3 is 2.62 bits per heavy atom. The van der Waals surface area contributed by atoms with Crippen LogP contribution >= 0.6 is 0 Å². The zero-order chi connectivity index (χ0) is 24.0. The maximum atomic E-state index is 13.2. The van der Waals surface area contributed by atoms with Gasteiger partial charge in [0.25, 0.3) is 11.5 Å². The Bertz CT molecular complexity index is 1650. The van der Waals surface area contributed by atoms with Gasteiger partial charge in [0.1, 0.15) is 11.4 Å². The van der Waals surface area contributed by atoms with Crippen LogP contribution in [0.25, 0.3) is 32.9 Å². The summed E-state index contributed by atoms with van der Waals surface area (Å²) in [4.78, 5) is 33.7. The van der Waals surface area contributed by atoms with Crippen molar-refractivity contribution in [1.29, 1.82) is 0 Å². The van der Waals surface area contributed by atoms with Crippen molar-refractivity contribution in [2.75, 3.05) is 12.4 Å². The van der Waals surface area contributed by atoms with E-state index in [9.17, 15) is 9.59 Å². The Kier molecular flexibility index (Phi) is 5.17. The first kappa shape index (κ1) is 21.5. The van der Waals surface area contributed by atoms with Crippen LogP contribution in [0.15, 0.2) is 65.6 Å². The monoisotopic (exact) mass is 452 g/mol. The number of rotatable bonds is 4. The number of benzene rings is 2. The zero-order valence-electron chi connectivity index (χ0n) is 19.4. The lowest BCUT2D eigenvalue weighted by Gasteiger charge is -2.13. The van der Waals surface area contributed by atoms with Crippen LogP contribution in [0.3, 0.4) is 0 Å². The highest BCUT2D eigenvalue weighted by Crippen LogP contribution is 2.28. The maximum Gasteiger partial charge on any atom is 0.272 e. The van der Waals surface area contributed by atoms with E-state index in [-0.39, 0.29) is 11.5 Å². The van der Waals surface area contributed by atoms with Gasteiger partial charge in [0, 0.05) is 46.5 Å². The van der Waals surface area contributed by atoms with E-state index in [0.717, 1.165) is 44.4 Å². The molecule has 0 bridgehead atoms. The van der Waals surface area contributed by atoms with Gasteiger partial charge in [-0.2, -0.15) is 0 Å². The maximum absolute atomic E-state index is 13.2. The molecule has 5 aromatic rings. The topological polar surface area (TPSA) is 89.0 Å². The minimum atomic E-state index is -0.268. The summed E-state index contributed by atoms with van der Waals surface area (Å²) < 4.78 is 6.90. The Morgan fingerprint density at radius 1 is 1.00 bits per heavy atom. The van der Waals surface area contributed by atoms with Gasteiger partial charge in [-0.1, -0.05) is 6.07 Å². The lowest BCUT2D eigenvalue weighted by atomic mass is 9.99. The molecule has 7 nitrogen and oxygen atoms in total. The van der Waals surface area contributed by atoms with Crippen molar-refractivity contribution in [2.24, 2.45) is 7.05 Å². The number of anilines is 1. The van der Waals surface area contributed by atoms with Crippen LogP contribution in [0.2, 0.25) is 0 Å². The van der Waals surface area contributed by atoms with Crippen LogP contribution in [0.1, 0.15) is 21.7 Å². The number of nitrogens with one attached hydrogen (secondary N) is 2. The summed E-state index contributed by atoms with van der Waals surface area (Å²) in [5.74, 6) is 0.458. The van der Waals surface area contributed by atoms with Crippen molar-refractivity contribution >= 4 is 33.4 Å². The highest BCUT2D eigenvalue weighted by molar-refractivity contribution is 6.06. The largest absolute Gasteiger partial charge is 0.497 e. The molecule has 1 amide bonds. The number of carbonyl (C=O) groups excluding carboxylic acids is 1. The van der Waals surface area contributed by atoms with Crippen LogP contribution in [0.5, 0.6) is 5.75 Å². The first-order valence-corrected chi connectivity index (χ1v) is 10.9. The quantitative estimate of drug-likeness (QED) is 0.403. The summed E-state index contributed by atoms with van der Waals surface area (Å²) >= 11 is 0. The number of hydrogen-bond acceptors (Lipinski definition) is 4. The van der Waals surface area contributed by atoms with Crippen LogP contribution in [-0.4, -0.2) is 27.6 Å². The molecule has 0 aliphatic rings. The predicted octanol–water partition coefficient (Wildman–Crippen LogP) is 4.96. The van der Waals surface area contributed by atoms with Crippen molar-refractivity contribution < 1.29 is 9.53 Å². The molecule has 170 valence electrons. The summed E-state index contributed by atoms with van der Waals surface area (Å²) in [6.45, 7) is 3.85. The number of fused-ring (bicyclic) bond motifs is 2. The second-order valence-electron chi connectivity index (χ2n) is 8.43. The summed E-state index contributed by atoms with van der Waals surface area (Å²) in [7, 11) is 3.37. The SMILES string of the molecule is COc1ccc2[nH]c(C(=O)Nc3ccc(C)c(-c4cc5cnc(C)cc5n(C)c4=O)c3)cc2c1. The molecule has 0 fully saturated rings. The number of aromatic nitrogens is 3. The van der Waals surface area contributed by atoms with Crippen LogP contribution in [0, 0.1) is 13.8 Å². The van der Waals surface area contributed by atoms with Crippen molar-refractivity contribution in [2.45, 2.75) is 13.8 Å². The number of hydrogen-bond donors (Lipinski definition) is 2. The van der Waals surface area contributed by atoms with Crippen molar-refractivity contribution in [3.8, 4) is 16.9 Å². The molecule has 3 aromatic heterocycles. The molecule has 0 radical (unpaired) electrons. The molecule has 0 spiro atoms. The molecule has 5 rings (SSSR count). The van der Waals surface area contributed by atoms with E-state index in [4.69, 9.17) is 4.74 Å². The van der Waals surface area contributed by atoms with E-state index in [0.29, 0.717) is 16.9 Å². The minimum Gasteiger partial charge on any atom is -0.497 e. The average molecular weight is 453 g/mol. The molecule has 0 atom stereocenters. The third-order valence-electron chi connectivity index (χ3n) is 6.10. The lowest BCUT2D eigenvalue weighted by molar-refractivity contribution is 0.102. The number of carbonyl (C=O) groups is 1. The summed E-state index contributed by atoms with van der Waals surface area (Å²) in [5.41, 5.74) is 5.74. The molecule has 2 N–H and O–H groups in total. The Labute approximate surface area is 196 Å². The molecule has 7 heteroatoms. The normalized spacial score (nSPS) is 11.2. The van der Waals surface area contributed by atoms with Gasteiger partial charge in [0.2, 0.25) is 0 Å². The third kappa shape index (κ3) is 3.71. The molecular weight excluding hydrogens is 428 g/mol. The molecule has 0 aliphatic carbocycles. The van der Waals surface area contributed by atoms with E-state index in [1.54, 1.807) is 31.0 Å². The van der Waals surface area contributed by atoms with Gasteiger partial charge >= 0.3 is 0 Å². The van der Waals surface area contributed by atoms with Gasteiger partial charge in [0.15, 0.2) is 0 Å². The van der Waals surface area contributed by atoms with Crippen LogP contribution < -0.4 is 15.6 Å².